The topological polar surface area (TPSA) is 33.0 Å². The maximum Gasteiger partial charge on any atom is 0.123 e. The van der Waals surface area contributed by atoms with Crippen LogP contribution in [0.5, 0.6) is 5.75 Å². The van der Waals surface area contributed by atoms with Crippen molar-refractivity contribution in [3.05, 3.63) is 29.3 Å². The molecule has 0 aliphatic heterocycles. The third kappa shape index (κ3) is 3.45. The van der Waals surface area contributed by atoms with Gasteiger partial charge in [0.05, 0.1) is 24.1 Å². The fourth-order valence-corrected chi connectivity index (χ4v) is 1.36. The minimum absolute atomic E-state index is 0.364. The largest absolute Gasteiger partial charge is 0.493 e. The summed E-state index contributed by atoms with van der Waals surface area (Å²) in [6.45, 7) is 4.84. The van der Waals surface area contributed by atoms with E-state index in [-0.39, 0.29) is 0 Å². The second-order valence-corrected chi connectivity index (χ2v) is 4.04. The van der Waals surface area contributed by atoms with Gasteiger partial charge in [0.2, 0.25) is 0 Å². The normalized spacial score (nSPS) is 10.1. The predicted molar refractivity (Wildman–Crippen MR) is 61.0 cm³/mol. The zero-order valence-corrected chi connectivity index (χ0v) is 9.71. The standard InChI is InChI=1S/C12H14ClNO/c1-9(2)8-15-12-4-3-10(7-14)5-11(12)6-13/h3-5,9H,6,8H2,1-2H3. The molecule has 0 aliphatic carbocycles. The summed E-state index contributed by atoms with van der Waals surface area (Å²) in [5.74, 6) is 1.62. The Kier molecular flexibility index (Phi) is 4.45. The molecule has 3 heteroatoms. The van der Waals surface area contributed by atoms with E-state index in [9.17, 15) is 0 Å². The third-order valence-corrected chi connectivity index (χ3v) is 2.19. The van der Waals surface area contributed by atoms with Crippen LogP contribution in [-0.4, -0.2) is 6.61 Å². The lowest BCUT2D eigenvalue weighted by atomic mass is 10.1. The summed E-state index contributed by atoms with van der Waals surface area (Å²) >= 11 is 5.79. The van der Waals surface area contributed by atoms with Crippen molar-refractivity contribution in [1.82, 2.24) is 0 Å². The molecule has 0 bridgehead atoms. The van der Waals surface area contributed by atoms with E-state index in [1.165, 1.54) is 0 Å². The molecule has 0 fully saturated rings. The zero-order valence-electron chi connectivity index (χ0n) is 8.96. The average Bonchev–Trinajstić information content (AvgIpc) is 2.25. The van der Waals surface area contributed by atoms with Gasteiger partial charge in [-0.25, -0.2) is 0 Å². The van der Waals surface area contributed by atoms with E-state index in [0.717, 1.165) is 11.3 Å². The first-order valence-electron chi connectivity index (χ1n) is 4.89. The third-order valence-electron chi connectivity index (χ3n) is 1.91. The minimum atomic E-state index is 0.364. The van der Waals surface area contributed by atoms with Crippen LogP contribution in [0.25, 0.3) is 0 Å². The second-order valence-electron chi connectivity index (χ2n) is 3.77. The molecule has 80 valence electrons. The summed E-state index contributed by atoms with van der Waals surface area (Å²) in [6.07, 6.45) is 0. The summed E-state index contributed by atoms with van der Waals surface area (Å²) < 4.78 is 5.60. The number of hydrogen-bond acceptors (Lipinski definition) is 2. The molecule has 0 saturated carbocycles. The molecule has 0 aliphatic rings. The van der Waals surface area contributed by atoms with Gasteiger partial charge >= 0.3 is 0 Å². The van der Waals surface area contributed by atoms with Gasteiger partial charge in [-0.05, 0) is 24.1 Å². The number of benzene rings is 1. The SMILES string of the molecule is CC(C)COc1ccc(C#N)cc1CCl. The number of nitriles is 1. The zero-order chi connectivity index (χ0) is 11.3. The van der Waals surface area contributed by atoms with Crippen molar-refractivity contribution in [2.24, 2.45) is 5.92 Å². The highest BCUT2D eigenvalue weighted by molar-refractivity contribution is 6.17. The van der Waals surface area contributed by atoms with Gasteiger partial charge in [-0.3, -0.25) is 0 Å². The van der Waals surface area contributed by atoms with Crippen LogP contribution < -0.4 is 4.74 Å². The summed E-state index contributed by atoms with van der Waals surface area (Å²) in [7, 11) is 0. The first-order chi connectivity index (χ1) is 7.17. The molecule has 1 rings (SSSR count). The van der Waals surface area contributed by atoms with Crippen molar-refractivity contribution in [2.45, 2.75) is 19.7 Å². The lowest BCUT2D eigenvalue weighted by Gasteiger charge is -2.11. The lowest BCUT2D eigenvalue weighted by Crippen LogP contribution is -2.05. The molecule has 2 nitrogen and oxygen atoms in total. The second kappa shape index (κ2) is 5.63. The van der Waals surface area contributed by atoms with Crippen molar-refractivity contribution >= 4 is 11.6 Å². The van der Waals surface area contributed by atoms with Crippen LogP contribution in [0.2, 0.25) is 0 Å². The molecule has 15 heavy (non-hydrogen) atoms. The highest BCUT2D eigenvalue weighted by Gasteiger charge is 2.05. The Labute approximate surface area is 95.4 Å². The Morgan fingerprint density at radius 1 is 1.47 bits per heavy atom. The molecule has 1 aromatic rings. The average molecular weight is 224 g/mol. The van der Waals surface area contributed by atoms with Gasteiger partial charge in [0.25, 0.3) is 0 Å². The Morgan fingerprint density at radius 2 is 2.20 bits per heavy atom. The fraction of sp³-hybridized carbons (Fsp3) is 0.417. The summed E-state index contributed by atoms with van der Waals surface area (Å²) in [5.41, 5.74) is 1.49. The van der Waals surface area contributed by atoms with Crippen LogP contribution in [0.4, 0.5) is 0 Å². The summed E-state index contributed by atoms with van der Waals surface area (Å²) in [6, 6.07) is 7.39. The quantitative estimate of drug-likeness (QED) is 0.734. The van der Waals surface area contributed by atoms with E-state index >= 15 is 0 Å². The molecule has 0 N–H and O–H groups in total. The van der Waals surface area contributed by atoms with Crippen LogP contribution in [-0.2, 0) is 5.88 Å². The fourth-order valence-electron chi connectivity index (χ4n) is 1.15. The number of halogens is 1. The van der Waals surface area contributed by atoms with Crippen LogP contribution in [0.3, 0.4) is 0 Å². The molecule has 0 radical (unpaired) electrons. The Hall–Kier alpha value is -1.20. The predicted octanol–water partition coefficient (Wildman–Crippen LogP) is 3.33. The molecular weight excluding hydrogens is 210 g/mol. The van der Waals surface area contributed by atoms with E-state index in [4.69, 9.17) is 21.6 Å². The van der Waals surface area contributed by atoms with Gasteiger partial charge in [0, 0.05) is 5.56 Å². The van der Waals surface area contributed by atoms with Crippen molar-refractivity contribution in [3.63, 3.8) is 0 Å². The van der Waals surface area contributed by atoms with Crippen molar-refractivity contribution in [1.29, 1.82) is 5.26 Å². The lowest BCUT2D eigenvalue weighted by molar-refractivity contribution is 0.269. The van der Waals surface area contributed by atoms with Gasteiger partial charge in [0.1, 0.15) is 5.75 Å². The molecule has 1 aromatic carbocycles. The van der Waals surface area contributed by atoms with Crippen molar-refractivity contribution in [2.75, 3.05) is 6.61 Å². The van der Waals surface area contributed by atoms with Gasteiger partial charge in [-0.1, -0.05) is 13.8 Å². The molecule has 0 heterocycles. The van der Waals surface area contributed by atoms with E-state index < -0.39 is 0 Å². The molecule has 0 atom stereocenters. The van der Waals surface area contributed by atoms with Gasteiger partial charge in [-0.2, -0.15) is 5.26 Å². The van der Waals surface area contributed by atoms with E-state index in [1.807, 2.05) is 0 Å². The molecule has 0 aromatic heterocycles. The monoisotopic (exact) mass is 223 g/mol. The molecule has 0 spiro atoms. The van der Waals surface area contributed by atoms with Gasteiger partial charge in [-0.15, -0.1) is 11.6 Å². The van der Waals surface area contributed by atoms with Gasteiger partial charge in [0.15, 0.2) is 0 Å². The first-order valence-corrected chi connectivity index (χ1v) is 5.42. The number of ether oxygens (including phenoxy) is 1. The Morgan fingerprint density at radius 3 is 2.73 bits per heavy atom. The molecular formula is C12H14ClNO. The molecule has 0 unspecified atom stereocenters. The maximum absolute atomic E-state index is 8.73. The van der Waals surface area contributed by atoms with E-state index in [0.29, 0.717) is 24.0 Å². The van der Waals surface area contributed by atoms with Gasteiger partial charge < -0.3 is 4.74 Å². The Bertz CT molecular complexity index is 368. The van der Waals surface area contributed by atoms with E-state index in [2.05, 4.69) is 19.9 Å². The summed E-state index contributed by atoms with van der Waals surface area (Å²) in [5, 5.41) is 8.73. The summed E-state index contributed by atoms with van der Waals surface area (Å²) in [4.78, 5) is 0. The highest BCUT2D eigenvalue weighted by Crippen LogP contribution is 2.22. The minimum Gasteiger partial charge on any atom is -0.493 e. The van der Waals surface area contributed by atoms with Crippen LogP contribution >= 0.6 is 11.6 Å². The van der Waals surface area contributed by atoms with Crippen LogP contribution in [0, 0.1) is 17.2 Å². The molecule has 0 saturated heterocycles. The number of hydrogen-bond donors (Lipinski definition) is 0. The van der Waals surface area contributed by atoms with Crippen LogP contribution in [0.1, 0.15) is 25.0 Å². The number of alkyl halides is 1. The first kappa shape index (κ1) is 11.9. The molecule has 0 amide bonds. The van der Waals surface area contributed by atoms with Crippen molar-refractivity contribution in [3.8, 4) is 11.8 Å². The van der Waals surface area contributed by atoms with E-state index in [1.54, 1.807) is 18.2 Å². The number of rotatable bonds is 4. The maximum atomic E-state index is 8.73. The highest BCUT2D eigenvalue weighted by atomic mass is 35.5. The smallest absolute Gasteiger partial charge is 0.123 e. The Balaban J connectivity index is 2.84. The van der Waals surface area contributed by atoms with Crippen LogP contribution in [0.15, 0.2) is 18.2 Å². The van der Waals surface area contributed by atoms with Crippen molar-refractivity contribution < 1.29 is 4.74 Å². The number of nitrogens with zero attached hydrogens (tertiary/aromatic N) is 1.